The third-order valence-corrected chi connectivity index (χ3v) is 1.17. The number of esters is 2. The Morgan fingerprint density at radius 1 is 1.25 bits per heavy atom. The van der Waals surface area contributed by atoms with Crippen LogP contribution < -0.4 is 0 Å². The number of aliphatic hydroxyl groups is 1. The molecule has 12 heavy (non-hydrogen) atoms. The van der Waals surface area contributed by atoms with Crippen LogP contribution in [0.2, 0.25) is 0 Å². The minimum Gasteiger partial charge on any atom is -0.466 e. The molecule has 0 aliphatic rings. The first-order valence-electron chi connectivity index (χ1n) is 3.45. The van der Waals surface area contributed by atoms with Crippen LogP contribution in [0.1, 0.15) is 13.8 Å². The zero-order chi connectivity index (χ0) is 9.72. The molecular formula is C7H12O5. The van der Waals surface area contributed by atoms with Crippen LogP contribution >= 0.6 is 0 Å². The Balaban J connectivity index is 3.92. The molecule has 0 bridgehead atoms. The number of rotatable bonds is 3. The first kappa shape index (κ1) is 10.9. The van der Waals surface area contributed by atoms with Gasteiger partial charge in [0.25, 0.3) is 0 Å². The molecule has 0 heterocycles. The minimum atomic E-state index is -1.22. The molecule has 0 aromatic rings. The van der Waals surface area contributed by atoms with Gasteiger partial charge in [0.2, 0.25) is 0 Å². The number of methoxy groups -OCH3 is 1. The Labute approximate surface area is 70.3 Å². The second-order valence-corrected chi connectivity index (χ2v) is 2.28. The van der Waals surface area contributed by atoms with Crippen molar-refractivity contribution in [1.29, 1.82) is 0 Å². The third-order valence-electron chi connectivity index (χ3n) is 1.17. The fourth-order valence-electron chi connectivity index (χ4n) is 0.487. The number of carbonyl (C=O) groups excluding carboxylic acids is 2. The Hall–Kier alpha value is -1.10. The molecule has 70 valence electrons. The van der Waals surface area contributed by atoms with Gasteiger partial charge >= 0.3 is 11.9 Å². The molecule has 0 spiro atoms. The molecule has 5 nitrogen and oxygen atoms in total. The van der Waals surface area contributed by atoms with Gasteiger partial charge in [0.15, 0.2) is 6.10 Å². The van der Waals surface area contributed by atoms with E-state index in [4.69, 9.17) is 5.11 Å². The van der Waals surface area contributed by atoms with Crippen LogP contribution in [0.5, 0.6) is 0 Å². The highest BCUT2D eigenvalue weighted by atomic mass is 16.6. The van der Waals surface area contributed by atoms with E-state index in [1.165, 1.54) is 21.0 Å². The van der Waals surface area contributed by atoms with Crippen LogP contribution in [0.15, 0.2) is 0 Å². The van der Waals surface area contributed by atoms with Crippen molar-refractivity contribution < 1.29 is 24.2 Å². The lowest BCUT2D eigenvalue weighted by atomic mass is 10.4. The standard InChI is InChI=1S/C7H12O5/c1-4(8)6(9)12-5(2)7(10)11-3/h4-5,8H,1-3H3/t4-,5?/m1/s1. The minimum absolute atomic E-state index is 0.649. The molecule has 0 amide bonds. The van der Waals surface area contributed by atoms with E-state index in [1.807, 2.05) is 0 Å². The number of hydrogen-bond acceptors (Lipinski definition) is 5. The summed E-state index contributed by atoms with van der Waals surface area (Å²) in [5, 5.41) is 8.70. The molecule has 0 saturated carbocycles. The Bertz CT molecular complexity index is 175. The van der Waals surface area contributed by atoms with E-state index in [-0.39, 0.29) is 0 Å². The van der Waals surface area contributed by atoms with Crippen molar-refractivity contribution in [2.24, 2.45) is 0 Å². The average Bonchev–Trinajstić information content (AvgIpc) is 2.02. The van der Waals surface area contributed by atoms with Gasteiger partial charge < -0.3 is 14.6 Å². The van der Waals surface area contributed by atoms with E-state index in [9.17, 15) is 9.59 Å². The molecular weight excluding hydrogens is 164 g/mol. The van der Waals surface area contributed by atoms with E-state index < -0.39 is 24.1 Å². The van der Waals surface area contributed by atoms with Crippen molar-refractivity contribution >= 4 is 11.9 Å². The molecule has 0 saturated heterocycles. The van der Waals surface area contributed by atoms with Crippen LogP contribution in [0.4, 0.5) is 0 Å². The van der Waals surface area contributed by atoms with Gasteiger partial charge in [-0.1, -0.05) is 0 Å². The molecule has 0 rings (SSSR count). The summed E-state index contributed by atoms with van der Waals surface area (Å²) in [6.07, 6.45) is -2.20. The van der Waals surface area contributed by atoms with Gasteiger partial charge in [0.1, 0.15) is 6.10 Å². The highest BCUT2D eigenvalue weighted by Crippen LogP contribution is 1.96. The highest BCUT2D eigenvalue weighted by Gasteiger charge is 2.20. The number of hydrogen-bond donors (Lipinski definition) is 1. The quantitative estimate of drug-likeness (QED) is 0.585. The molecule has 2 atom stereocenters. The van der Waals surface area contributed by atoms with Crippen molar-refractivity contribution in [3.63, 3.8) is 0 Å². The van der Waals surface area contributed by atoms with Crippen LogP contribution in [-0.4, -0.2) is 36.4 Å². The normalized spacial score (nSPS) is 14.7. The summed E-state index contributed by atoms with van der Waals surface area (Å²) in [5.74, 6) is -1.49. The van der Waals surface area contributed by atoms with Crippen LogP contribution in [-0.2, 0) is 19.1 Å². The van der Waals surface area contributed by atoms with E-state index in [0.29, 0.717) is 0 Å². The van der Waals surface area contributed by atoms with Crippen molar-refractivity contribution in [3.05, 3.63) is 0 Å². The second-order valence-electron chi connectivity index (χ2n) is 2.28. The summed E-state index contributed by atoms with van der Waals surface area (Å²) in [6.45, 7) is 2.62. The molecule has 5 heteroatoms. The van der Waals surface area contributed by atoms with Gasteiger partial charge in [0.05, 0.1) is 7.11 Å². The Morgan fingerprint density at radius 3 is 2.08 bits per heavy atom. The van der Waals surface area contributed by atoms with E-state index >= 15 is 0 Å². The van der Waals surface area contributed by atoms with Gasteiger partial charge in [-0.25, -0.2) is 9.59 Å². The zero-order valence-corrected chi connectivity index (χ0v) is 7.23. The van der Waals surface area contributed by atoms with Crippen LogP contribution in [0.3, 0.4) is 0 Å². The summed E-state index contributed by atoms with van der Waals surface area (Å²) in [7, 11) is 1.19. The number of aliphatic hydroxyl groups excluding tert-OH is 1. The molecule has 0 aromatic carbocycles. The molecule has 0 radical (unpaired) electrons. The first-order chi connectivity index (χ1) is 5.49. The van der Waals surface area contributed by atoms with Gasteiger partial charge in [0, 0.05) is 0 Å². The fraction of sp³-hybridized carbons (Fsp3) is 0.714. The smallest absolute Gasteiger partial charge is 0.346 e. The van der Waals surface area contributed by atoms with E-state index in [0.717, 1.165) is 0 Å². The van der Waals surface area contributed by atoms with Gasteiger partial charge in [-0.15, -0.1) is 0 Å². The molecule has 1 unspecified atom stereocenters. The maximum absolute atomic E-state index is 10.7. The first-order valence-corrected chi connectivity index (χ1v) is 3.45. The van der Waals surface area contributed by atoms with E-state index in [1.54, 1.807) is 0 Å². The van der Waals surface area contributed by atoms with Gasteiger partial charge in [-0.3, -0.25) is 0 Å². The maximum Gasteiger partial charge on any atom is 0.346 e. The average molecular weight is 176 g/mol. The van der Waals surface area contributed by atoms with Crippen LogP contribution in [0.25, 0.3) is 0 Å². The molecule has 0 aliphatic carbocycles. The van der Waals surface area contributed by atoms with Crippen molar-refractivity contribution in [2.75, 3.05) is 7.11 Å². The molecule has 0 fully saturated rings. The van der Waals surface area contributed by atoms with Gasteiger partial charge in [-0.2, -0.15) is 0 Å². The second kappa shape index (κ2) is 4.71. The SMILES string of the molecule is COC(=O)C(C)OC(=O)[C@@H](C)O. The monoisotopic (exact) mass is 176 g/mol. The van der Waals surface area contributed by atoms with Crippen molar-refractivity contribution in [3.8, 4) is 0 Å². The highest BCUT2D eigenvalue weighted by molar-refractivity contribution is 5.80. The Morgan fingerprint density at radius 2 is 1.75 bits per heavy atom. The maximum atomic E-state index is 10.7. The summed E-state index contributed by atoms with van der Waals surface area (Å²) in [4.78, 5) is 21.4. The lowest BCUT2D eigenvalue weighted by molar-refractivity contribution is -0.169. The molecule has 0 aliphatic heterocycles. The molecule has 0 aromatic heterocycles. The van der Waals surface area contributed by atoms with Gasteiger partial charge in [-0.05, 0) is 13.8 Å². The summed E-state index contributed by atoms with van der Waals surface area (Å²) in [6, 6.07) is 0. The number of ether oxygens (including phenoxy) is 2. The largest absolute Gasteiger partial charge is 0.466 e. The predicted octanol–water partition coefficient (Wildman–Crippen LogP) is -0.528. The summed E-state index contributed by atoms with van der Waals surface area (Å²) >= 11 is 0. The summed E-state index contributed by atoms with van der Waals surface area (Å²) < 4.78 is 8.80. The third kappa shape index (κ3) is 3.34. The zero-order valence-electron chi connectivity index (χ0n) is 7.23. The van der Waals surface area contributed by atoms with Crippen molar-refractivity contribution in [2.45, 2.75) is 26.1 Å². The number of carbonyl (C=O) groups is 2. The Kier molecular flexibility index (Phi) is 4.28. The molecule has 1 N–H and O–H groups in total. The van der Waals surface area contributed by atoms with E-state index in [2.05, 4.69) is 9.47 Å². The van der Waals surface area contributed by atoms with Crippen molar-refractivity contribution in [1.82, 2.24) is 0 Å². The summed E-state index contributed by atoms with van der Waals surface area (Å²) in [5.41, 5.74) is 0. The lowest BCUT2D eigenvalue weighted by Gasteiger charge is -2.11. The topological polar surface area (TPSA) is 72.8 Å². The fourth-order valence-corrected chi connectivity index (χ4v) is 0.487. The predicted molar refractivity (Wildman–Crippen MR) is 39.3 cm³/mol. The lowest BCUT2D eigenvalue weighted by Crippen LogP contribution is -2.30. The van der Waals surface area contributed by atoms with Crippen LogP contribution in [0, 0.1) is 0 Å².